The monoisotopic (exact) mass is 440 g/mol. The van der Waals surface area contributed by atoms with Crippen LogP contribution < -0.4 is 25.6 Å². The highest BCUT2D eigenvalue weighted by Crippen LogP contribution is 2.21. The van der Waals surface area contributed by atoms with Crippen molar-refractivity contribution in [3.05, 3.63) is 59.8 Å². The number of aromatic amines is 1. The molecule has 0 bridgehead atoms. The smallest absolute Gasteiger partial charge is 0.276 e. The van der Waals surface area contributed by atoms with E-state index in [0.29, 0.717) is 23.1 Å². The fourth-order valence-electron chi connectivity index (χ4n) is 2.82. The first-order valence-electron chi connectivity index (χ1n) is 9.65. The molecule has 3 rings (SSSR count). The van der Waals surface area contributed by atoms with Gasteiger partial charge in [0.05, 0.1) is 7.11 Å². The van der Waals surface area contributed by atoms with E-state index in [9.17, 15) is 9.59 Å². The second-order valence-electron chi connectivity index (χ2n) is 7.11. The van der Waals surface area contributed by atoms with Crippen LogP contribution in [0.4, 0.5) is 0 Å². The first kappa shape index (κ1) is 22.1. The maximum Gasteiger partial charge on any atom is 0.276 e. The zero-order chi connectivity index (χ0) is 22.4. The number of rotatable bonds is 6. The Balaban J connectivity index is 1.44. The lowest BCUT2D eigenvalue weighted by Gasteiger charge is -2.11. The van der Waals surface area contributed by atoms with E-state index in [0.717, 1.165) is 10.9 Å². The largest absolute Gasteiger partial charge is 0.497 e. The molecule has 3 aromatic rings. The van der Waals surface area contributed by atoms with Gasteiger partial charge >= 0.3 is 0 Å². The van der Waals surface area contributed by atoms with Crippen molar-refractivity contribution in [2.75, 3.05) is 13.7 Å². The number of fused-ring (bicyclic) bond motifs is 1. The molecule has 0 spiro atoms. The number of hydrogen-bond donors (Lipinski definition) is 4. The highest BCUT2D eigenvalue weighted by atomic mass is 32.1. The molecule has 8 nitrogen and oxygen atoms in total. The molecule has 4 N–H and O–H groups in total. The van der Waals surface area contributed by atoms with Crippen molar-refractivity contribution in [3.8, 4) is 11.5 Å². The fourth-order valence-corrected chi connectivity index (χ4v) is 2.96. The summed E-state index contributed by atoms with van der Waals surface area (Å²) in [6.45, 7) is 4.01. The van der Waals surface area contributed by atoms with Crippen LogP contribution in [0.5, 0.6) is 11.5 Å². The minimum Gasteiger partial charge on any atom is -0.497 e. The quantitative estimate of drug-likeness (QED) is 0.347. The summed E-state index contributed by atoms with van der Waals surface area (Å²) in [5.41, 5.74) is 7.14. The van der Waals surface area contributed by atoms with Crippen LogP contribution in [0.25, 0.3) is 10.9 Å². The first-order valence-corrected chi connectivity index (χ1v) is 10.1. The SMILES string of the molecule is COc1ccc2cc(C(=O)NC(=S)NNC(=O)COc3ccc(C(C)C)cc3)[nH]c2c1. The number of hydrogen-bond acceptors (Lipinski definition) is 5. The minimum absolute atomic E-state index is 0.0455. The molecule has 31 heavy (non-hydrogen) atoms. The Bertz CT molecular complexity index is 1090. The normalized spacial score (nSPS) is 10.6. The average Bonchev–Trinajstić information content (AvgIpc) is 3.20. The summed E-state index contributed by atoms with van der Waals surface area (Å²) in [6, 6.07) is 14.7. The van der Waals surface area contributed by atoms with Gasteiger partial charge in [-0.3, -0.25) is 25.8 Å². The van der Waals surface area contributed by atoms with Crippen molar-refractivity contribution in [1.82, 2.24) is 21.2 Å². The highest BCUT2D eigenvalue weighted by Gasteiger charge is 2.12. The van der Waals surface area contributed by atoms with E-state index < -0.39 is 11.8 Å². The fraction of sp³-hybridized carbons (Fsp3) is 0.227. The molecule has 0 unspecified atom stereocenters. The van der Waals surface area contributed by atoms with E-state index in [-0.39, 0.29) is 11.7 Å². The first-order chi connectivity index (χ1) is 14.9. The summed E-state index contributed by atoms with van der Waals surface area (Å²) in [5, 5.41) is 3.31. The number of nitrogens with one attached hydrogen (secondary N) is 4. The van der Waals surface area contributed by atoms with Crippen molar-refractivity contribution in [2.24, 2.45) is 0 Å². The van der Waals surface area contributed by atoms with Crippen molar-refractivity contribution < 1.29 is 19.1 Å². The number of thiocarbonyl (C=S) groups is 1. The highest BCUT2D eigenvalue weighted by molar-refractivity contribution is 7.80. The second kappa shape index (κ2) is 9.94. The molecular weight excluding hydrogens is 416 g/mol. The van der Waals surface area contributed by atoms with Gasteiger partial charge in [-0.2, -0.15) is 0 Å². The molecule has 2 aromatic carbocycles. The molecule has 162 valence electrons. The van der Waals surface area contributed by atoms with Crippen LogP contribution in [-0.2, 0) is 4.79 Å². The van der Waals surface area contributed by atoms with Crippen molar-refractivity contribution in [2.45, 2.75) is 19.8 Å². The summed E-state index contributed by atoms with van der Waals surface area (Å²) in [5.74, 6) is 0.806. The summed E-state index contributed by atoms with van der Waals surface area (Å²) in [6.07, 6.45) is 0. The van der Waals surface area contributed by atoms with Crippen LogP contribution >= 0.6 is 12.2 Å². The Kier molecular flexibility index (Phi) is 7.09. The van der Waals surface area contributed by atoms with Crippen molar-refractivity contribution >= 4 is 40.0 Å². The molecule has 0 saturated carbocycles. The molecular formula is C22H24N4O4S. The molecule has 0 saturated heterocycles. The molecule has 1 aromatic heterocycles. The maximum absolute atomic E-state index is 12.4. The van der Waals surface area contributed by atoms with E-state index >= 15 is 0 Å². The Morgan fingerprint density at radius 2 is 1.74 bits per heavy atom. The van der Waals surface area contributed by atoms with E-state index in [1.54, 1.807) is 25.3 Å². The van der Waals surface area contributed by atoms with Crippen LogP contribution in [-0.4, -0.2) is 35.6 Å². The number of methoxy groups -OCH3 is 1. The number of ether oxygens (including phenoxy) is 2. The Morgan fingerprint density at radius 3 is 2.42 bits per heavy atom. The molecule has 0 aliphatic heterocycles. The Hall–Kier alpha value is -3.59. The molecule has 9 heteroatoms. The molecule has 2 amide bonds. The predicted octanol–water partition coefficient (Wildman–Crippen LogP) is 3.01. The van der Waals surface area contributed by atoms with Gasteiger partial charge in [0, 0.05) is 17.0 Å². The van der Waals surface area contributed by atoms with Gasteiger partial charge in [-0.05, 0) is 54.0 Å². The minimum atomic E-state index is -0.442. The summed E-state index contributed by atoms with van der Waals surface area (Å²) < 4.78 is 10.6. The van der Waals surface area contributed by atoms with Gasteiger partial charge in [0.1, 0.15) is 17.2 Å². The van der Waals surface area contributed by atoms with Gasteiger partial charge in [0.2, 0.25) is 0 Å². The molecule has 0 atom stereocenters. The lowest BCUT2D eigenvalue weighted by Crippen LogP contribution is -2.49. The number of aromatic nitrogens is 1. The standard InChI is InChI=1S/C22H24N4O4S/c1-13(2)14-4-7-16(8-5-14)30-12-20(27)25-26-22(31)24-21(28)19-10-15-6-9-17(29-3)11-18(15)23-19/h4-11,13,23H,12H2,1-3H3,(H,25,27)(H2,24,26,28,31). The average molecular weight is 441 g/mol. The maximum atomic E-state index is 12.4. The van der Waals surface area contributed by atoms with Crippen LogP contribution in [0, 0.1) is 0 Å². The topological polar surface area (TPSA) is 104 Å². The Labute approximate surface area is 185 Å². The zero-order valence-electron chi connectivity index (χ0n) is 17.4. The third-order valence-electron chi connectivity index (χ3n) is 4.53. The van der Waals surface area contributed by atoms with Gasteiger partial charge in [0.15, 0.2) is 11.7 Å². The zero-order valence-corrected chi connectivity index (χ0v) is 18.3. The van der Waals surface area contributed by atoms with E-state index in [4.69, 9.17) is 21.7 Å². The van der Waals surface area contributed by atoms with Crippen LogP contribution in [0.15, 0.2) is 48.5 Å². The number of H-pyrrole nitrogens is 1. The van der Waals surface area contributed by atoms with Gasteiger partial charge in [-0.15, -0.1) is 0 Å². The van der Waals surface area contributed by atoms with Crippen LogP contribution in [0.2, 0.25) is 0 Å². The van der Waals surface area contributed by atoms with Gasteiger partial charge < -0.3 is 14.5 Å². The third-order valence-corrected chi connectivity index (χ3v) is 4.74. The lowest BCUT2D eigenvalue weighted by atomic mass is 10.0. The number of hydrazine groups is 1. The predicted molar refractivity (Wildman–Crippen MR) is 122 cm³/mol. The van der Waals surface area contributed by atoms with Crippen molar-refractivity contribution in [3.63, 3.8) is 0 Å². The summed E-state index contributed by atoms with van der Waals surface area (Å²) in [7, 11) is 1.57. The number of carbonyl (C=O) groups is 2. The van der Waals surface area contributed by atoms with Gasteiger partial charge in [-0.25, -0.2) is 0 Å². The van der Waals surface area contributed by atoms with Crippen molar-refractivity contribution in [1.29, 1.82) is 0 Å². The number of carbonyl (C=O) groups excluding carboxylic acids is 2. The molecule has 0 fully saturated rings. The van der Waals surface area contributed by atoms with E-state index in [1.807, 2.05) is 30.3 Å². The van der Waals surface area contributed by atoms with E-state index in [2.05, 4.69) is 35.0 Å². The summed E-state index contributed by atoms with van der Waals surface area (Å²) in [4.78, 5) is 27.3. The Morgan fingerprint density at radius 1 is 1.03 bits per heavy atom. The van der Waals surface area contributed by atoms with Crippen LogP contribution in [0.1, 0.15) is 35.8 Å². The second-order valence-corrected chi connectivity index (χ2v) is 7.51. The number of benzene rings is 2. The third kappa shape index (κ3) is 5.95. The number of amides is 2. The molecule has 0 aliphatic carbocycles. The lowest BCUT2D eigenvalue weighted by molar-refractivity contribution is -0.123. The molecule has 0 aliphatic rings. The van der Waals surface area contributed by atoms with E-state index in [1.165, 1.54) is 5.56 Å². The van der Waals surface area contributed by atoms with Gasteiger partial charge in [-0.1, -0.05) is 26.0 Å². The molecule has 0 radical (unpaired) electrons. The van der Waals surface area contributed by atoms with Gasteiger partial charge in [0.25, 0.3) is 11.8 Å². The summed E-state index contributed by atoms with van der Waals surface area (Å²) >= 11 is 5.05. The van der Waals surface area contributed by atoms with Crippen LogP contribution in [0.3, 0.4) is 0 Å². The molecule has 1 heterocycles.